The van der Waals surface area contributed by atoms with Crippen molar-refractivity contribution in [2.24, 2.45) is 0 Å². The summed E-state index contributed by atoms with van der Waals surface area (Å²) < 4.78 is 11.9. The molecule has 0 aliphatic heterocycles. The van der Waals surface area contributed by atoms with E-state index >= 15 is 0 Å². The highest BCUT2D eigenvalue weighted by Crippen LogP contribution is 2.00. The van der Waals surface area contributed by atoms with Gasteiger partial charge in [-0.1, -0.05) is 0 Å². The van der Waals surface area contributed by atoms with Gasteiger partial charge in [0.15, 0.2) is 0 Å². The third-order valence-corrected chi connectivity index (χ3v) is 1.08. The maximum absolute atomic E-state index is 11.9. The molecule has 0 radical (unpaired) electrons. The Morgan fingerprint density at radius 1 is 1.70 bits per heavy atom. The molecule has 0 N–H and O–H groups in total. The predicted molar refractivity (Wildman–Crippen MR) is 33.8 cm³/mol. The summed E-state index contributed by atoms with van der Waals surface area (Å²) in [6.45, 7) is -0.616. The number of hydrogen-bond donors (Lipinski definition) is 0. The average Bonchev–Trinajstić information content (AvgIpc) is 2.05. The van der Waals surface area contributed by atoms with E-state index in [-0.39, 0.29) is 0 Å². The van der Waals surface area contributed by atoms with Gasteiger partial charge in [-0.3, -0.25) is 4.98 Å². The molecule has 0 aliphatic carbocycles. The lowest BCUT2D eigenvalue weighted by atomic mass is 10.2. The molecule has 1 aromatic rings. The highest BCUT2D eigenvalue weighted by molar-refractivity contribution is 5.28. The van der Waals surface area contributed by atoms with Gasteiger partial charge in [-0.2, -0.15) is 5.26 Å². The molecular formula is C7H5FN2. The molecule has 10 heavy (non-hydrogen) atoms. The number of halogens is 1. The lowest BCUT2D eigenvalue weighted by Gasteiger charge is -1.90. The van der Waals surface area contributed by atoms with E-state index in [1.807, 2.05) is 6.07 Å². The summed E-state index contributed by atoms with van der Waals surface area (Å²) in [5.41, 5.74) is 0.752. The van der Waals surface area contributed by atoms with E-state index in [9.17, 15) is 4.39 Å². The summed E-state index contributed by atoms with van der Waals surface area (Å²) in [4.78, 5) is 3.68. The van der Waals surface area contributed by atoms with Crippen LogP contribution >= 0.6 is 0 Å². The van der Waals surface area contributed by atoms with Gasteiger partial charge in [0.25, 0.3) is 0 Å². The van der Waals surface area contributed by atoms with Crippen LogP contribution in [0.4, 0.5) is 4.39 Å². The van der Waals surface area contributed by atoms with E-state index in [0.29, 0.717) is 11.3 Å². The molecule has 1 rings (SSSR count). The first-order chi connectivity index (χ1) is 4.86. The van der Waals surface area contributed by atoms with Crippen LogP contribution in [0, 0.1) is 11.3 Å². The van der Waals surface area contributed by atoms with Crippen LogP contribution in [0.5, 0.6) is 0 Å². The Labute approximate surface area is 57.9 Å². The Morgan fingerprint density at radius 3 is 3.10 bits per heavy atom. The molecule has 0 spiro atoms. The van der Waals surface area contributed by atoms with Crippen molar-refractivity contribution in [3.8, 4) is 6.07 Å². The fourth-order valence-electron chi connectivity index (χ4n) is 0.621. The van der Waals surface area contributed by atoms with Gasteiger partial charge >= 0.3 is 0 Å². The van der Waals surface area contributed by atoms with Crippen molar-refractivity contribution < 1.29 is 4.39 Å². The molecule has 50 valence electrons. The molecule has 0 saturated heterocycles. The number of aromatic nitrogens is 1. The lowest BCUT2D eigenvalue weighted by Crippen LogP contribution is -1.85. The first kappa shape index (κ1) is 6.69. The van der Waals surface area contributed by atoms with Crippen molar-refractivity contribution in [2.45, 2.75) is 6.67 Å². The summed E-state index contributed by atoms with van der Waals surface area (Å²) in [7, 11) is 0. The summed E-state index contributed by atoms with van der Waals surface area (Å²) in [5.74, 6) is 0. The van der Waals surface area contributed by atoms with Crippen molar-refractivity contribution in [1.29, 1.82) is 5.26 Å². The van der Waals surface area contributed by atoms with Gasteiger partial charge < -0.3 is 0 Å². The van der Waals surface area contributed by atoms with Gasteiger partial charge in [-0.15, -0.1) is 0 Å². The average molecular weight is 136 g/mol. The van der Waals surface area contributed by atoms with Crippen LogP contribution in [0.1, 0.15) is 11.3 Å². The molecule has 1 aromatic heterocycles. The maximum atomic E-state index is 11.9. The Morgan fingerprint density at radius 2 is 2.50 bits per heavy atom. The molecular weight excluding hydrogens is 131 g/mol. The number of alkyl halides is 1. The first-order valence-corrected chi connectivity index (χ1v) is 2.78. The van der Waals surface area contributed by atoms with Gasteiger partial charge in [0.05, 0.1) is 17.3 Å². The molecule has 0 fully saturated rings. The quantitative estimate of drug-likeness (QED) is 0.585. The largest absolute Gasteiger partial charge is 0.258 e. The zero-order chi connectivity index (χ0) is 7.40. The molecule has 3 heteroatoms. The minimum absolute atomic E-state index is 0.305. The van der Waals surface area contributed by atoms with Crippen LogP contribution < -0.4 is 0 Å². The highest BCUT2D eigenvalue weighted by Gasteiger charge is 1.93. The number of nitriles is 1. The second kappa shape index (κ2) is 2.92. The Bertz CT molecular complexity index is 265. The molecule has 2 nitrogen and oxygen atoms in total. The van der Waals surface area contributed by atoms with Gasteiger partial charge in [0.1, 0.15) is 6.67 Å². The summed E-state index contributed by atoms with van der Waals surface area (Å²) in [6.07, 6.45) is 1.42. The lowest BCUT2D eigenvalue weighted by molar-refractivity contribution is 0.476. The fourth-order valence-corrected chi connectivity index (χ4v) is 0.621. The van der Waals surface area contributed by atoms with Crippen LogP contribution in [-0.4, -0.2) is 4.98 Å². The highest BCUT2D eigenvalue weighted by atomic mass is 19.1. The minimum Gasteiger partial charge on any atom is -0.258 e. The number of pyridine rings is 1. The van der Waals surface area contributed by atoms with E-state index in [1.165, 1.54) is 12.3 Å². The topological polar surface area (TPSA) is 36.7 Å². The Kier molecular flexibility index (Phi) is 1.96. The van der Waals surface area contributed by atoms with Crippen molar-refractivity contribution >= 4 is 0 Å². The van der Waals surface area contributed by atoms with Crippen LogP contribution in [0.2, 0.25) is 0 Å². The van der Waals surface area contributed by atoms with E-state index in [2.05, 4.69) is 4.98 Å². The van der Waals surface area contributed by atoms with Gasteiger partial charge in [0, 0.05) is 6.20 Å². The zero-order valence-corrected chi connectivity index (χ0v) is 5.21. The standard InChI is InChI=1S/C7H5FN2/c8-4-7-3-6(5-9)1-2-10-7/h1-3H,4H2. The zero-order valence-electron chi connectivity index (χ0n) is 5.21. The van der Waals surface area contributed by atoms with Crippen molar-refractivity contribution in [3.63, 3.8) is 0 Å². The van der Waals surface area contributed by atoms with Crippen molar-refractivity contribution in [2.75, 3.05) is 0 Å². The van der Waals surface area contributed by atoms with Gasteiger partial charge in [-0.25, -0.2) is 4.39 Å². The first-order valence-electron chi connectivity index (χ1n) is 2.78. The Hall–Kier alpha value is -1.43. The molecule has 1 heterocycles. The number of hydrogen-bond acceptors (Lipinski definition) is 2. The predicted octanol–water partition coefficient (Wildman–Crippen LogP) is 1.42. The fraction of sp³-hybridized carbons (Fsp3) is 0.143. The maximum Gasteiger partial charge on any atom is 0.131 e. The second-order valence-corrected chi connectivity index (χ2v) is 1.78. The van der Waals surface area contributed by atoms with Crippen LogP contribution in [0.25, 0.3) is 0 Å². The van der Waals surface area contributed by atoms with Crippen molar-refractivity contribution in [1.82, 2.24) is 4.98 Å². The molecule has 0 aromatic carbocycles. The van der Waals surface area contributed by atoms with Gasteiger partial charge in [0.2, 0.25) is 0 Å². The van der Waals surface area contributed by atoms with Crippen LogP contribution in [-0.2, 0) is 6.67 Å². The molecule has 0 aliphatic rings. The summed E-state index contributed by atoms with van der Waals surface area (Å²) >= 11 is 0. The summed E-state index contributed by atoms with van der Waals surface area (Å²) in [5, 5.41) is 8.36. The third-order valence-electron chi connectivity index (χ3n) is 1.08. The number of rotatable bonds is 1. The molecule has 0 unspecified atom stereocenters. The van der Waals surface area contributed by atoms with E-state index < -0.39 is 6.67 Å². The monoisotopic (exact) mass is 136 g/mol. The molecule has 0 atom stereocenters. The van der Waals surface area contributed by atoms with E-state index in [0.717, 1.165) is 0 Å². The summed E-state index contributed by atoms with van der Waals surface area (Å²) in [6, 6.07) is 4.87. The number of nitrogens with zero attached hydrogens (tertiary/aromatic N) is 2. The normalized spacial score (nSPS) is 8.80. The smallest absolute Gasteiger partial charge is 0.131 e. The van der Waals surface area contributed by atoms with E-state index in [4.69, 9.17) is 5.26 Å². The van der Waals surface area contributed by atoms with Crippen molar-refractivity contribution in [3.05, 3.63) is 29.6 Å². The molecule has 0 saturated carbocycles. The second-order valence-electron chi connectivity index (χ2n) is 1.78. The minimum atomic E-state index is -0.616. The molecule has 0 bridgehead atoms. The third kappa shape index (κ3) is 1.29. The van der Waals surface area contributed by atoms with Crippen LogP contribution in [0.15, 0.2) is 18.3 Å². The van der Waals surface area contributed by atoms with E-state index in [1.54, 1.807) is 6.07 Å². The van der Waals surface area contributed by atoms with Gasteiger partial charge in [-0.05, 0) is 12.1 Å². The Balaban J connectivity index is 3.01. The SMILES string of the molecule is N#Cc1ccnc(CF)c1. The van der Waals surface area contributed by atoms with Crippen LogP contribution in [0.3, 0.4) is 0 Å². The molecule has 0 amide bonds.